The molecule has 1 aliphatic heterocycles. The van der Waals surface area contributed by atoms with E-state index in [9.17, 15) is 9.18 Å². The average molecular weight is 324 g/mol. The quantitative estimate of drug-likeness (QED) is 0.887. The number of aryl methyl sites for hydroxylation is 1. The minimum Gasteiger partial charge on any atom is -0.494 e. The molecule has 0 radical (unpaired) electrons. The third kappa shape index (κ3) is 2.33. The van der Waals surface area contributed by atoms with Crippen molar-refractivity contribution in [2.75, 3.05) is 7.11 Å². The monoisotopic (exact) mass is 324 g/mol. The summed E-state index contributed by atoms with van der Waals surface area (Å²) in [6.07, 6.45) is 1.76. The van der Waals surface area contributed by atoms with Crippen LogP contribution in [-0.2, 0) is 6.42 Å². The molecule has 0 saturated heterocycles. The van der Waals surface area contributed by atoms with Gasteiger partial charge in [-0.15, -0.1) is 0 Å². The van der Waals surface area contributed by atoms with Crippen molar-refractivity contribution >= 4 is 11.7 Å². The molecule has 4 rings (SSSR count). The number of carbonyl (C=O) groups is 1. The fourth-order valence-corrected chi connectivity index (χ4v) is 3.49. The van der Waals surface area contributed by atoms with Gasteiger partial charge in [-0.2, -0.15) is 0 Å². The van der Waals surface area contributed by atoms with Crippen molar-refractivity contribution in [1.29, 1.82) is 0 Å². The van der Waals surface area contributed by atoms with Gasteiger partial charge >= 0.3 is 6.03 Å². The highest BCUT2D eigenvalue weighted by Crippen LogP contribution is 2.39. The summed E-state index contributed by atoms with van der Waals surface area (Å²) < 4.78 is 18.8. The Hall–Kier alpha value is -2.82. The summed E-state index contributed by atoms with van der Waals surface area (Å²) >= 11 is 0. The number of ether oxygens (including phenoxy) is 1. The maximum absolute atomic E-state index is 13.7. The van der Waals surface area contributed by atoms with Gasteiger partial charge in [0.2, 0.25) is 0 Å². The predicted octanol–water partition coefficient (Wildman–Crippen LogP) is 3.55. The van der Waals surface area contributed by atoms with Crippen molar-refractivity contribution in [3.63, 3.8) is 0 Å². The van der Waals surface area contributed by atoms with E-state index >= 15 is 0 Å². The second-order valence-electron chi connectivity index (χ2n) is 5.98. The largest absolute Gasteiger partial charge is 0.494 e. The molecule has 0 spiro atoms. The first-order valence-electron chi connectivity index (χ1n) is 7.89. The number of halogens is 1. The van der Waals surface area contributed by atoms with Gasteiger partial charge in [0.1, 0.15) is 0 Å². The first-order chi connectivity index (χ1) is 11.7. The Labute approximate surface area is 139 Å². The van der Waals surface area contributed by atoms with Gasteiger partial charge in [-0.25, -0.2) is 9.18 Å². The van der Waals surface area contributed by atoms with E-state index in [1.165, 1.54) is 18.7 Å². The zero-order valence-corrected chi connectivity index (χ0v) is 13.2. The van der Waals surface area contributed by atoms with Gasteiger partial charge in [0.25, 0.3) is 0 Å². The molecule has 2 aromatic carbocycles. The molecule has 0 saturated carbocycles. The second-order valence-corrected chi connectivity index (χ2v) is 5.98. The van der Waals surface area contributed by atoms with Gasteiger partial charge in [-0.3, -0.25) is 0 Å². The molecule has 5 heteroatoms. The molecule has 1 unspecified atom stereocenters. The second kappa shape index (κ2) is 5.67. The first kappa shape index (κ1) is 14.8. The molecular formula is C19H17FN2O2. The number of benzene rings is 2. The topological polar surface area (TPSA) is 50.4 Å². The van der Waals surface area contributed by atoms with Gasteiger partial charge in [0.15, 0.2) is 11.6 Å². The fraction of sp³-hybridized carbons (Fsp3) is 0.211. The number of fused-ring (bicyclic) bond motifs is 2. The minimum absolute atomic E-state index is 0.179. The van der Waals surface area contributed by atoms with Crippen LogP contribution in [0.25, 0.3) is 5.70 Å². The molecule has 0 fully saturated rings. The van der Waals surface area contributed by atoms with Crippen LogP contribution in [0.5, 0.6) is 5.75 Å². The summed E-state index contributed by atoms with van der Waals surface area (Å²) in [5, 5.41) is 5.89. The zero-order chi connectivity index (χ0) is 16.7. The number of nitrogens with one attached hydrogen (secondary N) is 2. The molecule has 2 amide bonds. The Morgan fingerprint density at radius 3 is 2.83 bits per heavy atom. The standard InChI is InChI=1S/C19H17FN2O2/c1-24-16-10-12(7-9-15(16)20)17-14-8-6-11-4-2-3-5-13(11)18(14)22-19(23)21-17/h2-5,7,9-10,17H,6,8H2,1H3,(H2,21,22,23). The van der Waals surface area contributed by atoms with Crippen LogP contribution in [0.15, 0.2) is 48.0 Å². The van der Waals surface area contributed by atoms with Crippen molar-refractivity contribution in [3.05, 3.63) is 70.5 Å². The van der Waals surface area contributed by atoms with E-state index in [2.05, 4.69) is 16.7 Å². The molecule has 122 valence electrons. The molecule has 4 nitrogen and oxygen atoms in total. The van der Waals surface area contributed by atoms with E-state index in [0.717, 1.165) is 35.2 Å². The van der Waals surface area contributed by atoms with Gasteiger partial charge in [0.05, 0.1) is 18.8 Å². The molecule has 1 heterocycles. The molecule has 1 atom stereocenters. The molecular weight excluding hydrogens is 307 g/mol. The van der Waals surface area contributed by atoms with E-state index in [4.69, 9.17) is 4.74 Å². The van der Waals surface area contributed by atoms with Crippen LogP contribution in [0.1, 0.15) is 29.2 Å². The summed E-state index contributed by atoms with van der Waals surface area (Å²) in [5.74, 6) is -0.233. The van der Waals surface area contributed by atoms with Gasteiger partial charge in [-0.05, 0) is 41.7 Å². The lowest BCUT2D eigenvalue weighted by molar-refractivity contribution is 0.240. The van der Waals surface area contributed by atoms with Gasteiger partial charge in [0, 0.05) is 5.56 Å². The lowest BCUT2D eigenvalue weighted by atomic mass is 9.83. The number of hydrogen-bond donors (Lipinski definition) is 2. The number of hydrogen-bond acceptors (Lipinski definition) is 2. The highest BCUT2D eigenvalue weighted by atomic mass is 19.1. The van der Waals surface area contributed by atoms with Crippen molar-refractivity contribution in [1.82, 2.24) is 10.6 Å². The third-order valence-electron chi connectivity index (χ3n) is 4.64. The molecule has 1 aliphatic carbocycles. The van der Waals surface area contributed by atoms with Crippen molar-refractivity contribution in [2.45, 2.75) is 18.9 Å². The fourth-order valence-electron chi connectivity index (χ4n) is 3.49. The van der Waals surface area contributed by atoms with E-state index in [1.807, 2.05) is 18.2 Å². The van der Waals surface area contributed by atoms with E-state index in [-0.39, 0.29) is 17.8 Å². The smallest absolute Gasteiger partial charge is 0.319 e. The Kier molecular flexibility index (Phi) is 3.49. The average Bonchev–Trinajstić information content (AvgIpc) is 2.61. The summed E-state index contributed by atoms with van der Waals surface area (Å²) in [5.41, 5.74) is 5.09. The number of methoxy groups -OCH3 is 1. The Morgan fingerprint density at radius 2 is 2.00 bits per heavy atom. The maximum atomic E-state index is 13.7. The molecule has 0 bridgehead atoms. The van der Waals surface area contributed by atoms with E-state index < -0.39 is 5.82 Å². The summed E-state index contributed by atoms with van der Waals surface area (Å²) in [6, 6.07) is 12.3. The van der Waals surface area contributed by atoms with Crippen LogP contribution in [0.3, 0.4) is 0 Å². The van der Waals surface area contributed by atoms with Crippen LogP contribution in [0, 0.1) is 5.82 Å². The van der Waals surface area contributed by atoms with Gasteiger partial charge in [-0.1, -0.05) is 30.3 Å². The Balaban J connectivity index is 1.83. The van der Waals surface area contributed by atoms with Crippen molar-refractivity contribution in [2.24, 2.45) is 0 Å². The maximum Gasteiger partial charge on any atom is 0.319 e. The Bertz CT molecular complexity index is 860. The SMILES string of the molecule is COc1cc(C2NC(=O)NC3=C2CCc2ccccc23)ccc1F. The number of amides is 2. The molecule has 0 aromatic heterocycles. The van der Waals surface area contributed by atoms with Crippen LogP contribution in [0.4, 0.5) is 9.18 Å². The number of carbonyl (C=O) groups excluding carboxylic acids is 1. The summed E-state index contributed by atoms with van der Waals surface area (Å²) in [4.78, 5) is 12.2. The molecule has 24 heavy (non-hydrogen) atoms. The molecule has 2 aromatic rings. The highest BCUT2D eigenvalue weighted by Gasteiger charge is 2.32. The van der Waals surface area contributed by atoms with Crippen LogP contribution < -0.4 is 15.4 Å². The lowest BCUT2D eigenvalue weighted by Gasteiger charge is -2.34. The number of urea groups is 1. The third-order valence-corrected chi connectivity index (χ3v) is 4.64. The van der Waals surface area contributed by atoms with Crippen LogP contribution in [0.2, 0.25) is 0 Å². The predicted molar refractivity (Wildman–Crippen MR) is 89.0 cm³/mol. The lowest BCUT2D eigenvalue weighted by Crippen LogP contribution is -2.44. The minimum atomic E-state index is -0.412. The normalized spacial score (nSPS) is 19.1. The molecule has 2 N–H and O–H groups in total. The van der Waals surface area contributed by atoms with E-state index in [0.29, 0.717) is 0 Å². The summed E-state index contributed by atoms with van der Waals surface area (Å²) in [7, 11) is 1.44. The zero-order valence-electron chi connectivity index (χ0n) is 13.2. The Morgan fingerprint density at radius 1 is 1.17 bits per heavy atom. The van der Waals surface area contributed by atoms with Crippen LogP contribution >= 0.6 is 0 Å². The highest BCUT2D eigenvalue weighted by molar-refractivity contribution is 5.91. The van der Waals surface area contributed by atoms with Gasteiger partial charge < -0.3 is 15.4 Å². The summed E-state index contributed by atoms with van der Waals surface area (Å²) in [6.45, 7) is 0. The van der Waals surface area contributed by atoms with Crippen molar-refractivity contribution in [3.8, 4) is 5.75 Å². The van der Waals surface area contributed by atoms with Crippen molar-refractivity contribution < 1.29 is 13.9 Å². The van der Waals surface area contributed by atoms with Crippen LogP contribution in [-0.4, -0.2) is 13.1 Å². The first-order valence-corrected chi connectivity index (χ1v) is 7.89. The number of rotatable bonds is 2. The van der Waals surface area contributed by atoms with E-state index in [1.54, 1.807) is 12.1 Å². The molecule has 2 aliphatic rings.